The van der Waals surface area contributed by atoms with Crippen molar-refractivity contribution in [3.63, 3.8) is 0 Å². The van der Waals surface area contributed by atoms with Gasteiger partial charge in [-0.05, 0) is 43.0 Å². The number of carbonyl (C=O) groups is 2. The lowest BCUT2D eigenvalue weighted by Crippen LogP contribution is -2.41. The molecule has 1 aromatic carbocycles. The van der Waals surface area contributed by atoms with Crippen molar-refractivity contribution in [1.29, 1.82) is 0 Å². The molecule has 0 spiro atoms. The molecule has 2 heterocycles. The molecular weight excluding hydrogens is 352 g/mol. The van der Waals surface area contributed by atoms with Crippen LogP contribution in [0, 0.1) is 5.92 Å². The maximum absolute atomic E-state index is 12.2. The van der Waals surface area contributed by atoms with E-state index in [1.165, 1.54) is 11.3 Å². The molecule has 1 amide bonds. The van der Waals surface area contributed by atoms with Crippen molar-refractivity contribution in [1.82, 2.24) is 9.88 Å². The number of thiazole rings is 1. The summed E-state index contributed by atoms with van der Waals surface area (Å²) in [5.74, 6) is 0.541. The van der Waals surface area contributed by atoms with Crippen molar-refractivity contribution < 1.29 is 19.1 Å². The second-order valence-corrected chi connectivity index (χ2v) is 7.29. The number of methoxy groups -OCH3 is 1. The fraction of sp³-hybridized carbons (Fsp3) is 0.421. The van der Waals surface area contributed by atoms with Crippen molar-refractivity contribution in [2.45, 2.75) is 19.8 Å². The fourth-order valence-corrected chi connectivity index (χ4v) is 3.74. The molecule has 6 nitrogen and oxygen atoms in total. The largest absolute Gasteiger partial charge is 0.497 e. The minimum Gasteiger partial charge on any atom is -0.497 e. The van der Waals surface area contributed by atoms with E-state index in [-0.39, 0.29) is 18.2 Å². The minimum absolute atomic E-state index is 0.143. The number of esters is 1. The van der Waals surface area contributed by atoms with Gasteiger partial charge in [-0.1, -0.05) is 6.92 Å². The first-order chi connectivity index (χ1) is 12.6. The zero-order chi connectivity index (χ0) is 18.5. The Morgan fingerprint density at radius 1 is 1.31 bits per heavy atom. The zero-order valence-corrected chi connectivity index (χ0v) is 15.8. The number of amides is 1. The number of hydrogen-bond acceptors (Lipinski definition) is 6. The van der Waals surface area contributed by atoms with Crippen molar-refractivity contribution >= 4 is 23.2 Å². The number of ether oxygens (including phenoxy) is 2. The Bertz CT molecular complexity index is 772. The molecule has 1 aliphatic heterocycles. The summed E-state index contributed by atoms with van der Waals surface area (Å²) in [6.45, 7) is 3.36. The quantitative estimate of drug-likeness (QED) is 0.752. The maximum atomic E-state index is 12.2. The van der Waals surface area contributed by atoms with Crippen LogP contribution in [0.15, 0.2) is 29.6 Å². The van der Waals surface area contributed by atoms with Crippen molar-refractivity contribution in [2.75, 3.05) is 26.8 Å². The Labute approximate surface area is 156 Å². The average molecular weight is 374 g/mol. The van der Waals surface area contributed by atoms with Gasteiger partial charge in [0, 0.05) is 24.0 Å². The lowest BCUT2D eigenvalue weighted by atomic mass is 10.0. The molecule has 26 heavy (non-hydrogen) atoms. The third kappa shape index (κ3) is 4.40. The molecule has 7 heteroatoms. The first-order valence-electron chi connectivity index (χ1n) is 8.61. The van der Waals surface area contributed by atoms with E-state index in [2.05, 4.69) is 11.9 Å². The Morgan fingerprint density at radius 3 is 2.77 bits per heavy atom. The van der Waals surface area contributed by atoms with Crippen LogP contribution in [0.4, 0.5) is 0 Å². The van der Waals surface area contributed by atoms with Crippen LogP contribution in [-0.2, 0) is 9.53 Å². The van der Waals surface area contributed by atoms with Gasteiger partial charge in [0.25, 0.3) is 5.91 Å². The van der Waals surface area contributed by atoms with Crippen LogP contribution < -0.4 is 4.74 Å². The highest BCUT2D eigenvalue weighted by molar-refractivity contribution is 7.13. The summed E-state index contributed by atoms with van der Waals surface area (Å²) in [7, 11) is 1.61. The standard InChI is InChI=1S/C19H22N2O4S/c1-13-4-3-9-21(10-13)17(22)11-25-19(23)16-12-26-18(20-16)14-5-7-15(24-2)8-6-14/h5-8,12-13H,3-4,9-11H2,1-2H3/t13-/m0/s1. The lowest BCUT2D eigenvalue weighted by Gasteiger charge is -2.30. The number of nitrogens with zero attached hydrogens (tertiary/aromatic N) is 2. The average Bonchev–Trinajstić information content (AvgIpc) is 3.16. The van der Waals surface area contributed by atoms with E-state index in [9.17, 15) is 9.59 Å². The second-order valence-electron chi connectivity index (χ2n) is 6.43. The van der Waals surface area contributed by atoms with Gasteiger partial charge < -0.3 is 14.4 Å². The molecule has 0 N–H and O–H groups in total. The van der Waals surface area contributed by atoms with Crippen LogP contribution in [0.5, 0.6) is 5.75 Å². The van der Waals surface area contributed by atoms with Crippen LogP contribution in [-0.4, -0.2) is 48.6 Å². The number of aromatic nitrogens is 1. The molecule has 0 saturated carbocycles. The van der Waals surface area contributed by atoms with Crippen molar-refractivity contribution in [3.05, 3.63) is 35.3 Å². The molecule has 0 bridgehead atoms. The van der Waals surface area contributed by atoms with Gasteiger partial charge in [-0.15, -0.1) is 11.3 Å². The molecule has 1 atom stereocenters. The van der Waals surface area contributed by atoms with Gasteiger partial charge in [0.05, 0.1) is 7.11 Å². The molecule has 1 fully saturated rings. The third-order valence-electron chi connectivity index (χ3n) is 4.39. The van der Waals surface area contributed by atoms with E-state index in [0.717, 1.165) is 42.3 Å². The summed E-state index contributed by atoms with van der Waals surface area (Å²) in [5, 5.41) is 2.37. The van der Waals surface area contributed by atoms with Gasteiger partial charge in [0.2, 0.25) is 0 Å². The van der Waals surface area contributed by atoms with E-state index in [0.29, 0.717) is 5.92 Å². The number of carbonyl (C=O) groups excluding carboxylic acids is 2. The van der Waals surface area contributed by atoms with Gasteiger partial charge in [-0.3, -0.25) is 4.79 Å². The Morgan fingerprint density at radius 2 is 2.08 bits per heavy atom. The van der Waals surface area contributed by atoms with Gasteiger partial charge in [0.15, 0.2) is 12.3 Å². The summed E-state index contributed by atoms with van der Waals surface area (Å²) in [6, 6.07) is 7.45. The topological polar surface area (TPSA) is 68.7 Å². The normalized spacial score (nSPS) is 17.0. The molecule has 1 aliphatic rings. The molecule has 3 rings (SSSR count). The smallest absolute Gasteiger partial charge is 0.358 e. The van der Waals surface area contributed by atoms with Crippen LogP contribution in [0.1, 0.15) is 30.3 Å². The molecule has 138 valence electrons. The molecule has 2 aromatic rings. The van der Waals surface area contributed by atoms with Crippen LogP contribution in [0.2, 0.25) is 0 Å². The highest BCUT2D eigenvalue weighted by Gasteiger charge is 2.22. The summed E-state index contributed by atoms with van der Waals surface area (Å²) in [4.78, 5) is 30.4. The van der Waals surface area contributed by atoms with E-state index in [1.54, 1.807) is 17.4 Å². The molecule has 0 aliphatic carbocycles. The first-order valence-corrected chi connectivity index (χ1v) is 9.49. The highest BCUT2D eigenvalue weighted by atomic mass is 32.1. The van der Waals surface area contributed by atoms with E-state index in [4.69, 9.17) is 9.47 Å². The Balaban J connectivity index is 1.56. The Kier molecular flexibility index (Phi) is 5.88. The highest BCUT2D eigenvalue weighted by Crippen LogP contribution is 2.26. The fourth-order valence-electron chi connectivity index (χ4n) is 2.94. The van der Waals surface area contributed by atoms with Crippen molar-refractivity contribution in [2.24, 2.45) is 5.92 Å². The van der Waals surface area contributed by atoms with Gasteiger partial charge in [-0.2, -0.15) is 0 Å². The van der Waals surface area contributed by atoms with Crippen molar-refractivity contribution in [3.8, 4) is 16.3 Å². The lowest BCUT2D eigenvalue weighted by molar-refractivity contribution is -0.136. The molecule has 1 saturated heterocycles. The van der Waals surface area contributed by atoms with E-state index >= 15 is 0 Å². The number of rotatable bonds is 5. The summed E-state index contributed by atoms with van der Waals surface area (Å²) in [5.41, 5.74) is 1.12. The summed E-state index contributed by atoms with van der Waals surface area (Å²) < 4.78 is 10.3. The number of likely N-dealkylation sites (tertiary alicyclic amines) is 1. The van der Waals surface area contributed by atoms with Gasteiger partial charge in [-0.25, -0.2) is 9.78 Å². The first kappa shape index (κ1) is 18.4. The predicted octanol–water partition coefficient (Wildman–Crippen LogP) is 3.23. The van der Waals surface area contributed by atoms with Crippen LogP contribution >= 0.6 is 11.3 Å². The maximum Gasteiger partial charge on any atom is 0.358 e. The number of benzene rings is 1. The minimum atomic E-state index is -0.570. The predicted molar refractivity (Wildman–Crippen MR) is 99.4 cm³/mol. The summed E-state index contributed by atoms with van der Waals surface area (Å²) >= 11 is 1.36. The van der Waals surface area contributed by atoms with Gasteiger partial charge in [0.1, 0.15) is 10.8 Å². The number of piperidine rings is 1. The SMILES string of the molecule is COc1ccc(-c2nc(C(=O)OCC(=O)N3CCC[C@H](C)C3)cs2)cc1. The van der Waals surface area contributed by atoms with E-state index < -0.39 is 5.97 Å². The molecule has 1 aromatic heterocycles. The monoisotopic (exact) mass is 374 g/mol. The second kappa shape index (κ2) is 8.31. The number of hydrogen-bond donors (Lipinski definition) is 0. The van der Waals surface area contributed by atoms with Gasteiger partial charge >= 0.3 is 5.97 Å². The van der Waals surface area contributed by atoms with Crippen LogP contribution in [0.3, 0.4) is 0 Å². The molecule has 0 radical (unpaired) electrons. The third-order valence-corrected chi connectivity index (χ3v) is 5.28. The van der Waals surface area contributed by atoms with E-state index in [1.807, 2.05) is 24.3 Å². The van der Waals surface area contributed by atoms with Crippen LogP contribution in [0.25, 0.3) is 10.6 Å². The zero-order valence-electron chi connectivity index (χ0n) is 14.9. The Hall–Kier alpha value is -2.41. The molecule has 0 unspecified atom stereocenters. The molecular formula is C19H22N2O4S. The summed E-state index contributed by atoms with van der Waals surface area (Å²) in [6.07, 6.45) is 2.13.